The summed E-state index contributed by atoms with van der Waals surface area (Å²) in [5, 5.41) is 7.59. The Labute approximate surface area is 118 Å². The van der Waals surface area contributed by atoms with Crippen molar-refractivity contribution in [3.05, 3.63) is 5.82 Å². The van der Waals surface area contributed by atoms with E-state index in [9.17, 15) is 0 Å². The van der Waals surface area contributed by atoms with Gasteiger partial charge in [-0.1, -0.05) is 0 Å². The fourth-order valence-corrected chi connectivity index (χ4v) is 4.30. The van der Waals surface area contributed by atoms with E-state index in [1.165, 1.54) is 18.6 Å². The minimum atomic E-state index is 0.117. The first-order chi connectivity index (χ1) is 9.10. The molecule has 2 aliphatic rings. The molecule has 0 spiro atoms. The molecular weight excluding hydrogens is 258 g/mol. The molecule has 0 amide bonds. The molecule has 1 aromatic rings. The third-order valence-electron chi connectivity index (χ3n) is 4.50. The molecule has 2 saturated heterocycles. The number of piperidine rings is 1. The van der Waals surface area contributed by atoms with Gasteiger partial charge in [-0.15, -0.1) is 16.9 Å². The summed E-state index contributed by atoms with van der Waals surface area (Å²) in [6, 6.07) is 0.550. The van der Waals surface area contributed by atoms with E-state index in [-0.39, 0.29) is 10.8 Å². The van der Waals surface area contributed by atoms with Crippen LogP contribution < -0.4 is 10.6 Å². The van der Waals surface area contributed by atoms with Crippen LogP contribution in [0.5, 0.6) is 0 Å². The van der Waals surface area contributed by atoms with Crippen molar-refractivity contribution in [3.63, 3.8) is 0 Å². The van der Waals surface area contributed by atoms with Gasteiger partial charge in [0.25, 0.3) is 0 Å². The molecule has 3 rings (SSSR count). The first-order valence-electron chi connectivity index (χ1n) is 7.19. The molecule has 106 valence electrons. The van der Waals surface area contributed by atoms with Crippen LogP contribution in [0.2, 0.25) is 0 Å². The summed E-state index contributed by atoms with van der Waals surface area (Å²) in [6.45, 7) is 5.45. The smallest absolute Gasteiger partial charge is 0.245 e. The second-order valence-corrected chi connectivity index (χ2v) is 7.50. The summed E-state index contributed by atoms with van der Waals surface area (Å²) in [5.41, 5.74) is 6.15. The van der Waals surface area contributed by atoms with E-state index >= 15 is 0 Å². The largest absolute Gasteiger partial charge is 0.335 e. The van der Waals surface area contributed by atoms with Gasteiger partial charge in [-0.25, -0.2) is 0 Å². The van der Waals surface area contributed by atoms with E-state index in [2.05, 4.69) is 28.9 Å². The molecule has 0 saturated carbocycles. The van der Waals surface area contributed by atoms with Crippen LogP contribution in [0.15, 0.2) is 0 Å². The monoisotopic (exact) mass is 281 g/mol. The van der Waals surface area contributed by atoms with Crippen LogP contribution >= 0.6 is 11.8 Å². The number of thioether (sulfide) groups is 1. The highest BCUT2D eigenvalue weighted by molar-refractivity contribution is 8.00. The molecule has 0 bridgehead atoms. The molecule has 6 heteroatoms. The highest BCUT2D eigenvalue weighted by Crippen LogP contribution is 2.44. The number of hydrogen-bond acceptors (Lipinski definition) is 5. The van der Waals surface area contributed by atoms with Crippen LogP contribution in [-0.4, -0.2) is 39.6 Å². The minimum absolute atomic E-state index is 0.117. The zero-order valence-electron chi connectivity index (χ0n) is 11.7. The standard InChI is InChI=1S/C13H23N5S/c1-9-10(14)5-3-7-18(9)12-15-11(16-17-12)13(2)6-4-8-19-13/h9-10H,3-8,14H2,1-2H3,(H,15,16,17). The van der Waals surface area contributed by atoms with E-state index in [1.54, 1.807) is 0 Å². The molecule has 2 aliphatic heterocycles. The van der Waals surface area contributed by atoms with Crippen molar-refractivity contribution in [1.82, 2.24) is 15.2 Å². The Kier molecular flexibility index (Phi) is 3.47. The minimum Gasteiger partial charge on any atom is -0.335 e. The van der Waals surface area contributed by atoms with Crippen molar-refractivity contribution < 1.29 is 0 Å². The fraction of sp³-hybridized carbons (Fsp3) is 0.846. The molecule has 5 nitrogen and oxygen atoms in total. The lowest BCUT2D eigenvalue weighted by Gasteiger charge is -2.36. The number of nitrogens with two attached hydrogens (primary N) is 1. The highest BCUT2D eigenvalue weighted by Gasteiger charge is 2.36. The van der Waals surface area contributed by atoms with Crippen LogP contribution in [0.4, 0.5) is 5.95 Å². The Morgan fingerprint density at radius 2 is 2.32 bits per heavy atom. The Bertz CT molecular complexity index is 440. The number of aromatic amines is 1. The van der Waals surface area contributed by atoms with Gasteiger partial charge in [0, 0.05) is 18.6 Å². The van der Waals surface area contributed by atoms with Crippen LogP contribution in [0, 0.1) is 0 Å². The molecule has 1 aromatic heterocycles. The normalized spacial score (nSPS) is 35.8. The lowest BCUT2D eigenvalue weighted by atomic mass is 9.99. The summed E-state index contributed by atoms with van der Waals surface area (Å²) in [4.78, 5) is 7.00. The molecule has 3 N–H and O–H groups in total. The molecule has 0 radical (unpaired) electrons. The maximum absolute atomic E-state index is 6.15. The predicted molar refractivity (Wildman–Crippen MR) is 79.4 cm³/mol. The van der Waals surface area contributed by atoms with Gasteiger partial charge < -0.3 is 10.6 Å². The number of rotatable bonds is 2. The third-order valence-corrected chi connectivity index (χ3v) is 6.03. The van der Waals surface area contributed by atoms with Crippen molar-refractivity contribution >= 4 is 17.7 Å². The highest BCUT2D eigenvalue weighted by atomic mass is 32.2. The van der Waals surface area contributed by atoms with Crippen molar-refractivity contribution in [2.24, 2.45) is 5.73 Å². The fourth-order valence-electron chi connectivity index (χ4n) is 3.04. The lowest BCUT2D eigenvalue weighted by molar-refractivity contribution is 0.415. The summed E-state index contributed by atoms with van der Waals surface area (Å²) in [6.07, 6.45) is 4.67. The van der Waals surface area contributed by atoms with Crippen molar-refractivity contribution in [3.8, 4) is 0 Å². The second-order valence-electron chi connectivity index (χ2n) is 5.91. The Morgan fingerprint density at radius 3 is 3.05 bits per heavy atom. The van der Waals surface area contributed by atoms with Crippen molar-refractivity contribution in [1.29, 1.82) is 0 Å². The van der Waals surface area contributed by atoms with Gasteiger partial charge in [0.05, 0.1) is 4.75 Å². The van der Waals surface area contributed by atoms with E-state index in [0.717, 1.165) is 31.2 Å². The van der Waals surface area contributed by atoms with Crippen molar-refractivity contribution in [2.45, 2.75) is 56.4 Å². The first-order valence-corrected chi connectivity index (χ1v) is 8.18. The van der Waals surface area contributed by atoms with Gasteiger partial charge in [-0.2, -0.15) is 4.98 Å². The number of aromatic nitrogens is 3. The SMILES string of the molecule is CC1C(N)CCCN1c1n[nH]c(C2(C)CCCS2)n1. The van der Waals surface area contributed by atoms with E-state index in [1.807, 2.05) is 11.8 Å². The van der Waals surface area contributed by atoms with Gasteiger partial charge in [0.15, 0.2) is 0 Å². The van der Waals surface area contributed by atoms with Crippen LogP contribution in [0.3, 0.4) is 0 Å². The molecule has 0 aliphatic carbocycles. The van der Waals surface area contributed by atoms with Crippen LogP contribution in [0.1, 0.15) is 45.4 Å². The number of nitrogens with zero attached hydrogens (tertiary/aromatic N) is 3. The van der Waals surface area contributed by atoms with Gasteiger partial charge in [0.1, 0.15) is 5.82 Å². The van der Waals surface area contributed by atoms with Gasteiger partial charge in [-0.3, -0.25) is 5.10 Å². The van der Waals surface area contributed by atoms with Gasteiger partial charge >= 0.3 is 0 Å². The first kappa shape index (κ1) is 13.2. The van der Waals surface area contributed by atoms with Gasteiger partial charge in [-0.05, 0) is 45.3 Å². The number of hydrogen-bond donors (Lipinski definition) is 2. The van der Waals surface area contributed by atoms with E-state index in [0.29, 0.717) is 6.04 Å². The van der Waals surface area contributed by atoms with Crippen LogP contribution in [0.25, 0.3) is 0 Å². The number of H-pyrrole nitrogens is 1. The Morgan fingerprint density at radius 1 is 1.47 bits per heavy atom. The molecule has 3 heterocycles. The summed E-state index contributed by atoms with van der Waals surface area (Å²) >= 11 is 1.98. The molecular formula is C13H23N5S. The topological polar surface area (TPSA) is 70.8 Å². The molecule has 3 unspecified atom stereocenters. The molecule has 0 aromatic carbocycles. The summed E-state index contributed by atoms with van der Waals surface area (Å²) in [5.74, 6) is 3.07. The van der Waals surface area contributed by atoms with Gasteiger partial charge in [0.2, 0.25) is 5.95 Å². The number of nitrogens with one attached hydrogen (secondary N) is 1. The number of anilines is 1. The quantitative estimate of drug-likeness (QED) is 0.866. The molecule has 3 atom stereocenters. The average Bonchev–Trinajstić information content (AvgIpc) is 3.02. The van der Waals surface area contributed by atoms with Crippen molar-refractivity contribution in [2.75, 3.05) is 17.2 Å². The zero-order valence-corrected chi connectivity index (χ0v) is 12.5. The summed E-state index contributed by atoms with van der Waals surface area (Å²) in [7, 11) is 0. The third kappa shape index (κ3) is 2.36. The molecule has 19 heavy (non-hydrogen) atoms. The Balaban J connectivity index is 1.81. The van der Waals surface area contributed by atoms with E-state index < -0.39 is 0 Å². The average molecular weight is 281 g/mol. The van der Waals surface area contributed by atoms with E-state index in [4.69, 9.17) is 10.7 Å². The second kappa shape index (κ2) is 4.98. The maximum Gasteiger partial charge on any atom is 0.245 e. The van der Waals surface area contributed by atoms with Crippen LogP contribution in [-0.2, 0) is 4.75 Å². The lowest BCUT2D eigenvalue weighted by Crippen LogP contribution is -2.51. The zero-order chi connectivity index (χ0) is 13.5. The molecule has 2 fully saturated rings. The maximum atomic E-state index is 6.15. The Hall–Kier alpha value is -0.750. The predicted octanol–water partition coefficient (Wildman–Crippen LogP) is 1.86. The summed E-state index contributed by atoms with van der Waals surface area (Å²) < 4.78 is 0.117.